The van der Waals surface area contributed by atoms with Crippen molar-refractivity contribution in [1.82, 2.24) is 4.72 Å². The molecule has 0 amide bonds. The monoisotopic (exact) mass is 296 g/mol. The molecule has 0 spiro atoms. The highest BCUT2D eigenvalue weighted by atomic mass is 32.2. The summed E-state index contributed by atoms with van der Waals surface area (Å²) in [4.78, 5) is 0. The summed E-state index contributed by atoms with van der Waals surface area (Å²) < 4.78 is 27.0. The van der Waals surface area contributed by atoms with E-state index < -0.39 is 10.0 Å². The van der Waals surface area contributed by atoms with Crippen molar-refractivity contribution in [1.29, 1.82) is 0 Å². The number of nitrogens with two attached hydrogens (primary N) is 1. The molecule has 3 N–H and O–H groups in total. The first kappa shape index (κ1) is 15.5. The second-order valence-corrected chi connectivity index (χ2v) is 7.65. The van der Waals surface area contributed by atoms with Crippen molar-refractivity contribution < 1.29 is 8.42 Å². The minimum absolute atomic E-state index is 0.00838. The molecule has 1 saturated carbocycles. The van der Waals surface area contributed by atoms with Crippen LogP contribution in [0.15, 0.2) is 30.3 Å². The quantitative estimate of drug-likeness (QED) is 0.841. The Bertz CT molecular complexity index is 516. The Morgan fingerprint density at radius 1 is 1.30 bits per heavy atom. The lowest BCUT2D eigenvalue weighted by Crippen LogP contribution is -2.37. The Morgan fingerprint density at radius 2 is 2.00 bits per heavy atom. The van der Waals surface area contributed by atoms with Crippen LogP contribution >= 0.6 is 0 Å². The number of benzene rings is 1. The van der Waals surface area contributed by atoms with Gasteiger partial charge in [-0.05, 0) is 30.2 Å². The van der Waals surface area contributed by atoms with Crippen molar-refractivity contribution in [2.45, 2.75) is 38.1 Å². The van der Waals surface area contributed by atoms with Gasteiger partial charge in [-0.25, -0.2) is 13.1 Å². The van der Waals surface area contributed by atoms with E-state index in [1.165, 1.54) is 0 Å². The molecular formula is C15H24N2O2S. The van der Waals surface area contributed by atoms with Crippen LogP contribution in [-0.4, -0.2) is 26.8 Å². The summed E-state index contributed by atoms with van der Waals surface area (Å²) >= 11 is 0. The lowest BCUT2D eigenvalue weighted by atomic mass is 10.0. The van der Waals surface area contributed by atoms with Crippen LogP contribution in [-0.2, 0) is 10.0 Å². The predicted molar refractivity (Wildman–Crippen MR) is 82.0 cm³/mol. The van der Waals surface area contributed by atoms with Gasteiger partial charge in [0.1, 0.15) is 0 Å². The first-order chi connectivity index (χ1) is 9.48. The van der Waals surface area contributed by atoms with E-state index >= 15 is 0 Å². The van der Waals surface area contributed by atoms with E-state index in [1.807, 2.05) is 37.3 Å². The normalized spacial score (nSPS) is 24.7. The largest absolute Gasteiger partial charge is 0.327 e. The molecule has 3 unspecified atom stereocenters. The maximum atomic E-state index is 12.1. The lowest BCUT2D eigenvalue weighted by molar-refractivity contribution is 0.469. The Balaban J connectivity index is 1.87. The molecule has 0 heterocycles. The molecular weight excluding hydrogens is 272 g/mol. The number of hydrogen-bond acceptors (Lipinski definition) is 3. The zero-order valence-corrected chi connectivity index (χ0v) is 12.8. The van der Waals surface area contributed by atoms with E-state index in [2.05, 4.69) is 4.72 Å². The highest BCUT2D eigenvalue weighted by molar-refractivity contribution is 7.89. The molecule has 0 bridgehead atoms. The molecule has 4 nitrogen and oxygen atoms in total. The van der Waals surface area contributed by atoms with Crippen LogP contribution in [0.4, 0.5) is 0 Å². The van der Waals surface area contributed by atoms with Crippen molar-refractivity contribution >= 4 is 10.0 Å². The summed E-state index contributed by atoms with van der Waals surface area (Å²) in [6.45, 7) is 2.42. The smallest absolute Gasteiger partial charge is 0.212 e. The van der Waals surface area contributed by atoms with Crippen molar-refractivity contribution in [2.75, 3.05) is 12.3 Å². The molecule has 2 rings (SSSR count). The third-order valence-corrected chi connectivity index (χ3v) is 5.67. The third-order valence-electron chi connectivity index (χ3n) is 4.12. The van der Waals surface area contributed by atoms with E-state index in [1.54, 1.807) is 0 Å². The van der Waals surface area contributed by atoms with Crippen LogP contribution in [0.2, 0.25) is 0 Å². The van der Waals surface area contributed by atoms with Gasteiger partial charge in [-0.15, -0.1) is 0 Å². The molecule has 1 aliphatic rings. The number of nitrogens with one attached hydrogen (secondary N) is 1. The fourth-order valence-electron chi connectivity index (χ4n) is 2.82. The maximum absolute atomic E-state index is 12.1. The summed E-state index contributed by atoms with van der Waals surface area (Å²) in [5, 5.41) is 0. The number of sulfonamides is 1. The molecule has 1 fully saturated rings. The van der Waals surface area contributed by atoms with Crippen LogP contribution in [0.5, 0.6) is 0 Å². The van der Waals surface area contributed by atoms with Gasteiger partial charge in [0.15, 0.2) is 0 Å². The molecule has 1 aromatic carbocycles. The van der Waals surface area contributed by atoms with Gasteiger partial charge in [-0.2, -0.15) is 0 Å². The maximum Gasteiger partial charge on any atom is 0.212 e. The Morgan fingerprint density at radius 3 is 2.60 bits per heavy atom. The molecule has 112 valence electrons. The molecule has 3 atom stereocenters. The van der Waals surface area contributed by atoms with Gasteiger partial charge in [0.05, 0.1) is 5.75 Å². The minimum Gasteiger partial charge on any atom is -0.327 e. The predicted octanol–water partition coefficient (Wildman–Crippen LogP) is 1.84. The summed E-state index contributed by atoms with van der Waals surface area (Å²) in [5.74, 6) is 0.404. The molecule has 1 aliphatic carbocycles. The Labute approximate surface area is 121 Å². The Kier molecular flexibility index (Phi) is 5.18. The molecule has 0 aromatic heterocycles. The lowest BCUT2D eigenvalue weighted by Gasteiger charge is -2.17. The zero-order valence-electron chi connectivity index (χ0n) is 12.0. The number of hydrogen-bond donors (Lipinski definition) is 2. The van der Waals surface area contributed by atoms with Gasteiger partial charge in [0, 0.05) is 12.6 Å². The molecule has 0 saturated heterocycles. The number of rotatable bonds is 6. The second-order valence-electron chi connectivity index (χ2n) is 5.80. The SMILES string of the molecule is CC(CS(=O)(=O)NCC1CCCC1N)c1ccccc1. The topological polar surface area (TPSA) is 72.2 Å². The highest BCUT2D eigenvalue weighted by Gasteiger charge is 2.26. The molecule has 20 heavy (non-hydrogen) atoms. The van der Waals surface area contributed by atoms with Crippen LogP contribution in [0.25, 0.3) is 0 Å². The van der Waals surface area contributed by atoms with Crippen molar-refractivity contribution in [3.8, 4) is 0 Å². The van der Waals surface area contributed by atoms with Crippen molar-refractivity contribution in [3.05, 3.63) is 35.9 Å². The van der Waals surface area contributed by atoms with Gasteiger partial charge in [-0.1, -0.05) is 43.7 Å². The fraction of sp³-hybridized carbons (Fsp3) is 0.600. The highest BCUT2D eigenvalue weighted by Crippen LogP contribution is 2.23. The van der Waals surface area contributed by atoms with Gasteiger partial charge >= 0.3 is 0 Å². The van der Waals surface area contributed by atoms with E-state index in [-0.39, 0.29) is 23.6 Å². The first-order valence-corrected chi connectivity index (χ1v) is 8.91. The van der Waals surface area contributed by atoms with E-state index in [0.29, 0.717) is 6.54 Å². The van der Waals surface area contributed by atoms with Crippen molar-refractivity contribution in [2.24, 2.45) is 11.7 Å². The second kappa shape index (κ2) is 6.70. The Hall–Kier alpha value is -0.910. The standard InChI is InChI=1S/C15H24N2O2S/c1-12(13-6-3-2-4-7-13)11-20(18,19)17-10-14-8-5-9-15(14)16/h2-4,6-7,12,14-15,17H,5,8-11,16H2,1H3. The van der Waals surface area contributed by atoms with Crippen LogP contribution in [0.3, 0.4) is 0 Å². The average molecular weight is 296 g/mol. The zero-order chi connectivity index (χ0) is 14.6. The van der Waals surface area contributed by atoms with Gasteiger partial charge in [-0.3, -0.25) is 0 Å². The van der Waals surface area contributed by atoms with Gasteiger partial charge < -0.3 is 5.73 Å². The van der Waals surface area contributed by atoms with E-state index in [0.717, 1.165) is 24.8 Å². The van der Waals surface area contributed by atoms with Crippen LogP contribution in [0.1, 0.15) is 37.7 Å². The summed E-state index contributed by atoms with van der Waals surface area (Å²) in [5.41, 5.74) is 7.02. The molecule has 1 aromatic rings. The molecule has 5 heteroatoms. The third kappa shape index (κ3) is 4.30. The average Bonchev–Trinajstić information content (AvgIpc) is 2.83. The summed E-state index contributed by atoms with van der Waals surface area (Å²) in [6.07, 6.45) is 3.14. The fourth-order valence-corrected chi connectivity index (χ4v) is 4.26. The summed E-state index contributed by atoms with van der Waals surface area (Å²) in [7, 11) is -3.25. The van der Waals surface area contributed by atoms with E-state index in [4.69, 9.17) is 5.73 Å². The first-order valence-electron chi connectivity index (χ1n) is 7.26. The van der Waals surface area contributed by atoms with Crippen molar-refractivity contribution in [3.63, 3.8) is 0 Å². The van der Waals surface area contributed by atoms with E-state index in [9.17, 15) is 8.42 Å². The van der Waals surface area contributed by atoms with Gasteiger partial charge in [0.2, 0.25) is 10.0 Å². The van der Waals surface area contributed by atoms with Crippen LogP contribution in [0, 0.1) is 5.92 Å². The van der Waals surface area contributed by atoms with Gasteiger partial charge in [0.25, 0.3) is 0 Å². The summed E-state index contributed by atoms with van der Waals surface area (Å²) in [6, 6.07) is 9.88. The minimum atomic E-state index is -3.25. The van der Waals surface area contributed by atoms with Crippen LogP contribution < -0.4 is 10.5 Å². The molecule has 0 radical (unpaired) electrons. The molecule has 0 aliphatic heterocycles.